The Balaban J connectivity index is 2.04. The monoisotopic (exact) mass is 259 g/mol. The van der Waals surface area contributed by atoms with Gasteiger partial charge in [0.15, 0.2) is 0 Å². The maximum atomic E-state index is 9.28. The van der Waals surface area contributed by atoms with E-state index in [0.717, 1.165) is 30.9 Å². The summed E-state index contributed by atoms with van der Waals surface area (Å²) in [6, 6.07) is 10.3. The van der Waals surface area contributed by atoms with Gasteiger partial charge in [-0.1, -0.05) is 37.3 Å². The molecule has 0 saturated carbocycles. The minimum atomic E-state index is 0.149. The Bertz CT molecular complexity index is 481. The summed E-state index contributed by atoms with van der Waals surface area (Å²) in [6.45, 7) is 3.95. The lowest BCUT2D eigenvalue weighted by Crippen LogP contribution is -2.33. The first-order valence-electron chi connectivity index (χ1n) is 6.76. The van der Waals surface area contributed by atoms with E-state index in [0.29, 0.717) is 0 Å². The average Bonchev–Trinajstić information content (AvgIpc) is 2.93. The van der Waals surface area contributed by atoms with Crippen LogP contribution in [0.3, 0.4) is 0 Å². The molecule has 4 heteroatoms. The van der Waals surface area contributed by atoms with Crippen LogP contribution in [-0.2, 0) is 6.54 Å². The number of aliphatic hydroxyl groups excluding tert-OH is 1. The molecule has 0 bridgehead atoms. The van der Waals surface area contributed by atoms with E-state index in [9.17, 15) is 5.11 Å². The lowest BCUT2D eigenvalue weighted by atomic mass is 10.2. The topological polar surface area (TPSA) is 50.1 Å². The molecule has 0 aliphatic carbocycles. The van der Waals surface area contributed by atoms with E-state index in [4.69, 9.17) is 0 Å². The number of aliphatic hydroxyl groups is 1. The number of nitrogens with zero attached hydrogens (tertiary/aromatic N) is 2. The van der Waals surface area contributed by atoms with Crippen LogP contribution in [0.2, 0.25) is 0 Å². The van der Waals surface area contributed by atoms with Gasteiger partial charge in [0.25, 0.3) is 0 Å². The van der Waals surface area contributed by atoms with Gasteiger partial charge in [-0.3, -0.25) is 0 Å². The quantitative estimate of drug-likeness (QED) is 0.798. The van der Waals surface area contributed by atoms with Gasteiger partial charge in [-0.05, 0) is 13.0 Å². The van der Waals surface area contributed by atoms with Crippen LogP contribution in [0, 0.1) is 0 Å². The van der Waals surface area contributed by atoms with Crippen molar-refractivity contribution in [1.82, 2.24) is 14.9 Å². The van der Waals surface area contributed by atoms with Crippen molar-refractivity contribution in [3.8, 4) is 11.4 Å². The molecule has 4 nitrogen and oxygen atoms in total. The largest absolute Gasteiger partial charge is 0.395 e. The van der Waals surface area contributed by atoms with Crippen LogP contribution >= 0.6 is 0 Å². The van der Waals surface area contributed by atoms with Gasteiger partial charge in [0.1, 0.15) is 5.82 Å². The number of imidazole rings is 1. The Kier molecular flexibility index (Phi) is 5.12. The van der Waals surface area contributed by atoms with Crippen LogP contribution in [0.25, 0.3) is 11.4 Å². The normalized spacial score (nSPS) is 12.5. The molecule has 2 rings (SSSR count). The van der Waals surface area contributed by atoms with Crippen molar-refractivity contribution in [2.24, 2.45) is 0 Å². The molecule has 2 aromatic rings. The maximum Gasteiger partial charge on any atom is 0.139 e. The number of hydrogen-bond donors (Lipinski definition) is 2. The molecule has 1 aromatic heterocycles. The van der Waals surface area contributed by atoms with Crippen molar-refractivity contribution in [3.05, 3.63) is 42.7 Å². The summed E-state index contributed by atoms with van der Waals surface area (Å²) in [5, 5.41) is 12.6. The van der Waals surface area contributed by atoms with E-state index >= 15 is 0 Å². The predicted molar refractivity (Wildman–Crippen MR) is 76.8 cm³/mol. The van der Waals surface area contributed by atoms with Gasteiger partial charge < -0.3 is 15.0 Å². The summed E-state index contributed by atoms with van der Waals surface area (Å²) in [5.74, 6) is 0.980. The highest BCUT2D eigenvalue weighted by Gasteiger charge is 2.09. The predicted octanol–water partition coefficient (Wildman–Crippen LogP) is 1.91. The molecule has 0 aliphatic rings. The Labute approximate surface area is 114 Å². The molecular formula is C15H21N3O. The third-order valence-electron chi connectivity index (χ3n) is 3.18. The molecule has 19 heavy (non-hydrogen) atoms. The van der Waals surface area contributed by atoms with Crippen molar-refractivity contribution in [2.45, 2.75) is 25.9 Å². The molecule has 0 radical (unpaired) electrons. The molecule has 1 heterocycles. The third kappa shape index (κ3) is 3.66. The van der Waals surface area contributed by atoms with E-state index in [1.165, 1.54) is 0 Å². The Morgan fingerprint density at radius 1 is 1.32 bits per heavy atom. The van der Waals surface area contributed by atoms with Crippen LogP contribution in [0.1, 0.15) is 13.3 Å². The summed E-state index contributed by atoms with van der Waals surface area (Å²) >= 11 is 0. The number of benzene rings is 1. The van der Waals surface area contributed by atoms with Gasteiger partial charge in [0.2, 0.25) is 0 Å². The Morgan fingerprint density at radius 2 is 2.11 bits per heavy atom. The number of nitrogens with one attached hydrogen (secondary N) is 1. The van der Waals surface area contributed by atoms with Gasteiger partial charge >= 0.3 is 0 Å². The zero-order chi connectivity index (χ0) is 13.5. The zero-order valence-electron chi connectivity index (χ0n) is 11.3. The zero-order valence-corrected chi connectivity index (χ0v) is 11.3. The number of aryl methyl sites for hydroxylation is 1. The summed E-state index contributed by atoms with van der Waals surface area (Å²) in [4.78, 5) is 4.42. The summed E-state index contributed by atoms with van der Waals surface area (Å²) in [5.41, 5.74) is 1.12. The molecule has 0 aliphatic heterocycles. The van der Waals surface area contributed by atoms with Gasteiger partial charge in [-0.2, -0.15) is 0 Å². The van der Waals surface area contributed by atoms with Gasteiger partial charge in [-0.15, -0.1) is 0 Å². The van der Waals surface area contributed by atoms with Crippen LogP contribution in [-0.4, -0.2) is 33.9 Å². The smallest absolute Gasteiger partial charge is 0.139 e. The molecule has 1 unspecified atom stereocenters. The van der Waals surface area contributed by atoms with E-state index in [-0.39, 0.29) is 12.6 Å². The number of hydrogen-bond acceptors (Lipinski definition) is 3. The standard InChI is InChI=1S/C15H21N3O/c1-2-16-14(12-19)8-10-18-11-9-17-15(18)13-6-4-3-5-7-13/h3-7,9,11,14,16,19H,2,8,10,12H2,1H3. The summed E-state index contributed by atoms with van der Waals surface area (Å²) < 4.78 is 2.13. The lowest BCUT2D eigenvalue weighted by Gasteiger charge is -2.16. The average molecular weight is 259 g/mol. The first-order valence-corrected chi connectivity index (χ1v) is 6.76. The van der Waals surface area contributed by atoms with Gasteiger partial charge in [-0.25, -0.2) is 4.98 Å². The van der Waals surface area contributed by atoms with Crippen molar-refractivity contribution in [2.75, 3.05) is 13.2 Å². The van der Waals surface area contributed by atoms with E-state index in [2.05, 4.69) is 33.9 Å². The van der Waals surface area contributed by atoms with Crippen LogP contribution in [0.4, 0.5) is 0 Å². The van der Waals surface area contributed by atoms with E-state index in [1.54, 1.807) is 0 Å². The minimum absolute atomic E-state index is 0.149. The van der Waals surface area contributed by atoms with Crippen LogP contribution < -0.4 is 5.32 Å². The molecule has 1 atom stereocenters. The highest BCUT2D eigenvalue weighted by atomic mass is 16.3. The highest BCUT2D eigenvalue weighted by molar-refractivity contribution is 5.55. The molecule has 0 saturated heterocycles. The molecule has 0 amide bonds. The minimum Gasteiger partial charge on any atom is -0.395 e. The SMILES string of the molecule is CCNC(CO)CCn1ccnc1-c1ccccc1. The molecule has 2 N–H and O–H groups in total. The molecule has 102 valence electrons. The Morgan fingerprint density at radius 3 is 2.79 bits per heavy atom. The molecule has 0 spiro atoms. The fourth-order valence-corrected chi connectivity index (χ4v) is 2.18. The third-order valence-corrected chi connectivity index (χ3v) is 3.18. The van der Waals surface area contributed by atoms with Crippen LogP contribution in [0.5, 0.6) is 0 Å². The van der Waals surface area contributed by atoms with Gasteiger partial charge in [0.05, 0.1) is 6.61 Å². The Hall–Kier alpha value is -1.65. The lowest BCUT2D eigenvalue weighted by molar-refractivity contribution is 0.233. The van der Waals surface area contributed by atoms with Gasteiger partial charge in [0, 0.05) is 30.5 Å². The van der Waals surface area contributed by atoms with Crippen molar-refractivity contribution < 1.29 is 5.11 Å². The van der Waals surface area contributed by atoms with Crippen molar-refractivity contribution >= 4 is 0 Å². The number of aromatic nitrogens is 2. The summed E-state index contributed by atoms with van der Waals surface area (Å²) in [7, 11) is 0. The fourth-order valence-electron chi connectivity index (χ4n) is 2.18. The first-order chi connectivity index (χ1) is 9.35. The van der Waals surface area contributed by atoms with Crippen molar-refractivity contribution in [3.63, 3.8) is 0 Å². The highest BCUT2D eigenvalue weighted by Crippen LogP contribution is 2.17. The first kappa shape index (κ1) is 13.8. The van der Waals surface area contributed by atoms with E-state index in [1.807, 2.05) is 30.6 Å². The fraction of sp³-hybridized carbons (Fsp3) is 0.400. The maximum absolute atomic E-state index is 9.28. The second kappa shape index (κ2) is 7.07. The molecular weight excluding hydrogens is 238 g/mol. The number of likely N-dealkylation sites (N-methyl/N-ethyl adjacent to an activating group) is 1. The summed E-state index contributed by atoms with van der Waals surface area (Å²) in [6.07, 6.45) is 4.70. The van der Waals surface area contributed by atoms with Crippen molar-refractivity contribution in [1.29, 1.82) is 0 Å². The second-order valence-corrected chi connectivity index (χ2v) is 4.54. The molecule has 0 fully saturated rings. The number of rotatable bonds is 7. The molecule has 1 aromatic carbocycles. The van der Waals surface area contributed by atoms with E-state index < -0.39 is 0 Å². The van der Waals surface area contributed by atoms with Crippen LogP contribution in [0.15, 0.2) is 42.7 Å². The second-order valence-electron chi connectivity index (χ2n) is 4.54.